The highest BCUT2D eigenvalue weighted by molar-refractivity contribution is 7.73. The number of hydrogen-bond acceptors (Lipinski definition) is 5. The van der Waals surface area contributed by atoms with Gasteiger partial charge in [-0.25, -0.2) is 0 Å². The van der Waals surface area contributed by atoms with Gasteiger partial charge in [0.05, 0.1) is 18.9 Å². The molecule has 5 nitrogen and oxygen atoms in total. The molecule has 0 bridgehead atoms. The Morgan fingerprint density at radius 2 is 2.29 bits per heavy atom. The van der Waals surface area contributed by atoms with E-state index in [1.165, 1.54) is 11.3 Å². The number of hydrogen-bond donors (Lipinski definition) is 1. The Balaban J connectivity index is 1.97. The van der Waals surface area contributed by atoms with E-state index in [1.54, 1.807) is 11.8 Å². The van der Waals surface area contributed by atoms with E-state index in [0.29, 0.717) is 30.1 Å². The number of nitrogens with one attached hydrogen (secondary N) is 1. The quantitative estimate of drug-likeness (QED) is 0.681. The lowest BCUT2D eigenvalue weighted by Gasteiger charge is -2.31. The third-order valence-corrected chi connectivity index (χ3v) is 4.97. The molecule has 0 aromatic carbocycles. The number of aromatic nitrogens is 1. The summed E-state index contributed by atoms with van der Waals surface area (Å²) >= 11 is 6.53. The van der Waals surface area contributed by atoms with Gasteiger partial charge in [-0.2, -0.15) is 0 Å². The number of H-pyrrole nitrogens is 1. The third kappa shape index (κ3) is 4.14. The number of carbonyl (C=O) groups excluding carboxylic acids is 2. The van der Waals surface area contributed by atoms with Crippen molar-refractivity contribution < 1.29 is 14.3 Å². The molecule has 2 rings (SSSR count). The summed E-state index contributed by atoms with van der Waals surface area (Å²) in [7, 11) is 0. The molecule has 1 aromatic rings. The van der Waals surface area contributed by atoms with Crippen LogP contribution in [0.5, 0.6) is 0 Å². The highest BCUT2D eigenvalue weighted by Gasteiger charge is 2.29. The van der Waals surface area contributed by atoms with Gasteiger partial charge in [-0.15, -0.1) is 11.3 Å². The molecule has 2 heterocycles. The minimum Gasteiger partial charge on any atom is -0.466 e. The summed E-state index contributed by atoms with van der Waals surface area (Å²) in [5.41, 5.74) is 0.956. The van der Waals surface area contributed by atoms with Crippen LogP contribution in [0, 0.1) is 16.8 Å². The van der Waals surface area contributed by atoms with Crippen molar-refractivity contribution >= 4 is 35.4 Å². The van der Waals surface area contributed by atoms with Gasteiger partial charge in [0, 0.05) is 23.7 Å². The number of esters is 1. The Labute approximate surface area is 133 Å². The molecule has 116 valence electrons. The van der Waals surface area contributed by atoms with Gasteiger partial charge < -0.3 is 14.6 Å². The largest absolute Gasteiger partial charge is 0.466 e. The van der Waals surface area contributed by atoms with E-state index in [0.717, 1.165) is 23.4 Å². The van der Waals surface area contributed by atoms with E-state index in [9.17, 15) is 9.59 Å². The predicted molar refractivity (Wildman–Crippen MR) is 83.9 cm³/mol. The molecule has 1 aliphatic rings. The molecule has 0 aliphatic carbocycles. The zero-order valence-electron chi connectivity index (χ0n) is 12.3. The van der Waals surface area contributed by atoms with E-state index < -0.39 is 0 Å². The molecule has 0 radical (unpaired) electrons. The van der Waals surface area contributed by atoms with Crippen LogP contribution in [0.3, 0.4) is 0 Å². The monoisotopic (exact) mass is 328 g/mol. The minimum atomic E-state index is -0.191. The van der Waals surface area contributed by atoms with Crippen molar-refractivity contribution in [3.05, 3.63) is 14.5 Å². The second-order valence-electron chi connectivity index (χ2n) is 5.17. The van der Waals surface area contributed by atoms with Crippen molar-refractivity contribution in [1.29, 1.82) is 0 Å². The van der Waals surface area contributed by atoms with Crippen LogP contribution < -0.4 is 0 Å². The van der Waals surface area contributed by atoms with Gasteiger partial charge in [-0.05, 0) is 38.9 Å². The average Bonchev–Trinajstić information content (AvgIpc) is 2.77. The molecule has 1 atom stereocenters. The van der Waals surface area contributed by atoms with Crippen molar-refractivity contribution in [2.75, 3.05) is 19.7 Å². The zero-order chi connectivity index (χ0) is 15.4. The van der Waals surface area contributed by atoms with Crippen LogP contribution in [-0.4, -0.2) is 41.5 Å². The molecular weight excluding hydrogens is 308 g/mol. The fourth-order valence-electron chi connectivity index (χ4n) is 2.51. The lowest BCUT2D eigenvalue weighted by atomic mass is 9.98. The summed E-state index contributed by atoms with van der Waals surface area (Å²) in [5, 5.41) is 0. The van der Waals surface area contributed by atoms with Gasteiger partial charge in [0.15, 0.2) is 3.95 Å². The first-order valence-corrected chi connectivity index (χ1v) is 8.36. The predicted octanol–water partition coefficient (Wildman–Crippen LogP) is 2.46. The molecule has 21 heavy (non-hydrogen) atoms. The van der Waals surface area contributed by atoms with E-state index in [4.69, 9.17) is 17.0 Å². The average molecular weight is 328 g/mol. The molecule has 0 spiro atoms. The Bertz CT molecular complexity index is 579. The van der Waals surface area contributed by atoms with Gasteiger partial charge in [-0.1, -0.05) is 0 Å². The number of ether oxygens (including phenoxy) is 1. The van der Waals surface area contributed by atoms with Crippen molar-refractivity contribution in [2.45, 2.75) is 33.1 Å². The molecule has 0 saturated carbocycles. The number of thiazole rings is 1. The van der Waals surface area contributed by atoms with E-state index in [1.807, 2.05) is 6.92 Å². The number of nitrogens with zero attached hydrogens (tertiary/aromatic N) is 1. The zero-order valence-corrected chi connectivity index (χ0v) is 13.9. The highest BCUT2D eigenvalue weighted by atomic mass is 32.1. The summed E-state index contributed by atoms with van der Waals surface area (Å²) < 4.78 is 5.75. The van der Waals surface area contributed by atoms with Crippen molar-refractivity contribution in [2.24, 2.45) is 5.92 Å². The van der Waals surface area contributed by atoms with Gasteiger partial charge in [0.25, 0.3) is 0 Å². The smallest absolute Gasteiger partial charge is 0.310 e. The Morgan fingerprint density at radius 3 is 2.90 bits per heavy atom. The number of aryl methyl sites for hydroxylation is 1. The van der Waals surface area contributed by atoms with Crippen molar-refractivity contribution in [3.63, 3.8) is 0 Å². The Morgan fingerprint density at radius 1 is 1.52 bits per heavy atom. The van der Waals surface area contributed by atoms with Crippen LogP contribution in [-0.2, 0) is 20.7 Å². The molecule has 1 aromatic heterocycles. The van der Waals surface area contributed by atoms with Gasteiger partial charge >= 0.3 is 5.97 Å². The first kappa shape index (κ1) is 16.2. The van der Waals surface area contributed by atoms with Crippen molar-refractivity contribution in [1.82, 2.24) is 9.88 Å². The fraction of sp³-hybridized carbons (Fsp3) is 0.643. The van der Waals surface area contributed by atoms with Crippen LogP contribution in [0.15, 0.2) is 0 Å². The lowest BCUT2D eigenvalue weighted by Crippen LogP contribution is -2.43. The molecule has 1 N–H and O–H groups in total. The molecular formula is C14H20N2O3S2. The molecule has 0 unspecified atom stereocenters. The van der Waals surface area contributed by atoms with Gasteiger partial charge in [0.2, 0.25) is 5.91 Å². The van der Waals surface area contributed by atoms with Crippen molar-refractivity contribution in [3.8, 4) is 0 Å². The maximum absolute atomic E-state index is 12.4. The first-order chi connectivity index (χ1) is 10.0. The Hall–Kier alpha value is -1.21. The fourth-order valence-corrected chi connectivity index (χ4v) is 3.79. The lowest BCUT2D eigenvalue weighted by molar-refractivity contribution is -0.151. The van der Waals surface area contributed by atoms with Crippen LogP contribution in [0.25, 0.3) is 0 Å². The van der Waals surface area contributed by atoms with E-state index in [-0.39, 0.29) is 17.8 Å². The summed E-state index contributed by atoms with van der Waals surface area (Å²) in [5.74, 6) is -0.325. The maximum Gasteiger partial charge on any atom is 0.310 e. The van der Waals surface area contributed by atoms with E-state index in [2.05, 4.69) is 4.98 Å². The Kier molecular flexibility index (Phi) is 5.52. The number of piperidine rings is 1. The number of aromatic amines is 1. The second-order valence-corrected chi connectivity index (χ2v) is 6.94. The molecule has 1 amide bonds. The van der Waals surface area contributed by atoms with Crippen LogP contribution in [0.4, 0.5) is 0 Å². The van der Waals surface area contributed by atoms with Crippen LogP contribution in [0.1, 0.15) is 30.3 Å². The number of rotatable bonds is 4. The third-order valence-electron chi connectivity index (χ3n) is 3.63. The van der Waals surface area contributed by atoms with E-state index >= 15 is 0 Å². The highest BCUT2D eigenvalue weighted by Crippen LogP contribution is 2.21. The first-order valence-electron chi connectivity index (χ1n) is 7.14. The van der Waals surface area contributed by atoms with Gasteiger partial charge in [-0.3, -0.25) is 9.59 Å². The summed E-state index contributed by atoms with van der Waals surface area (Å²) in [6.07, 6.45) is 1.99. The summed E-state index contributed by atoms with van der Waals surface area (Å²) in [6, 6.07) is 0. The topological polar surface area (TPSA) is 62.4 Å². The SMILES string of the molecule is CCOC(=O)[C@H]1CCCN(C(=O)Cc2sc(=S)[nH]c2C)C1. The summed E-state index contributed by atoms with van der Waals surface area (Å²) in [6.45, 7) is 5.28. The summed E-state index contributed by atoms with van der Waals surface area (Å²) in [4.78, 5) is 30.0. The normalized spacial score (nSPS) is 18.6. The number of carbonyl (C=O) groups is 2. The molecule has 1 aliphatic heterocycles. The number of likely N-dealkylation sites (tertiary alicyclic amines) is 1. The standard InChI is InChI=1S/C14H20N2O3S2/c1-3-19-13(18)10-5-4-6-16(8-10)12(17)7-11-9(2)15-14(20)21-11/h10H,3-8H2,1-2H3,(H,15,20)/t10-/m0/s1. The molecule has 1 fully saturated rings. The molecule has 7 heteroatoms. The number of amides is 1. The molecule has 1 saturated heterocycles. The second kappa shape index (κ2) is 7.17. The van der Waals surface area contributed by atoms with Crippen LogP contribution >= 0.6 is 23.6 Å². The van der Waals surface area contributed by atoms with Gasteiger partial charge in [0.1, 0.15) is 0 Å². The maximum atomic E-state index is 12.4. The van der Waals surface area contributed by atoms with Crippen LogP contribution in [0.2, 0.25) is 0 Å². The minimum absolute atomic E-state index is 0.0531.